The van der Waals surface area contributed by atoms with Crippen molar-refractivity contribution in [1.82, 2.24) is 5.32 Å². The van der Waals surface area contributed by atoms with E-state index in [1.807, 2.05) is 39.0 Å². The van der Waals surface area contributed by atoms with E-state index < -0.39 is 0 Å². The van der Waals surface area contributed by atoms with E-state index >= 15 is 0 Å². The Morgan fingerprint density at radius 2 is 1.90 bits per heavy atom. The molecule has 0 unspecified atom stereocenters. The monoisotopic (exact) mass is 435 g/mol. The van der Waals surface area contributed by atoms with E-state index in [9.17, 15) is 14.4 Å². The van der Waals surface area contributed by atoms with Crippen LogP contribution in [0.1, 0.15) is 67.4 Å². The predicted molar refractivity (Wildman–Crippen MR) is 120 cm³/mol. The summed E-state index contributed by atoms with van der Waals surface area (Å²) in [5.41, 5.74) is 3.17. The van der Waals surface area contributed by atoms with Crippen molar-refractivity contribution in [2.75, 3.05) is 0 Å². The molecule has 1 amide bonds. The molecule has 1 aliphatic rings. The first-order valence-electron chi connectivity index (χ1n) is 9.79. The van der Waals surface area contributed by atoms with Crippen molar-refractivity contribution < 1.29 is 65.8 Å². The maximum absolute atomic E-state index is 12.0. The van der Waals surface area contributed by atoms with E-state index in [1.54, 1.807) is 12.1 Å². The molecule has 0 saturated heterocycles. The number of carbonyl (C=O) groups excluding carboxylic acids is 3. The number of allylic oxidation sites excluding steroid dienone is 3. The molecule has 160 valence electrons. The summed E-state index contributed by atoms with van der Waals surface area (Å²) in [5.74, 6) is 0.150. The summed E-state index contributed by atoms with van der Waals surface area (Å²) in [5, 5.41) is 2.85. The molecule has 2 rings (SSSR count). The zero-order chi connectivity index (χ0) is 20.9. The Bertz CT molecular complexity index is 732. The number of amides is 1. The predicted octanol–water partition coefficient (Wildman–Crippen LogP) is 2.38. The topological polar surface area (TPSA) is 63.2 Å². The number of benzene rings is 1. The molecular weight excluding hydrogens is 401 g/mol. The van der Waals surface area contributed by atoms with Crippen molar-refractivity contribution >= 4 is 18.0 Å². The van der Waals surface area contributed by atoms with Gasteiger partial charge in [-0.3, -0.25) is 9.59 Å². The van der Waals surface area contributed by atoms with Gasteiger partial charge in [0.1, 0.15) is 0 Å². The van der Waals surface area contributed by atoms with Gasteiger partial charge >= 0.3 is 51.4 Å². The fraction of sp³-hybridized carbons (Fsp3) is 0.360. The fourth-order valence-electron chi connectivity index (χ4n) is 2.85. The molecule has 30 heavy (non-hydrogen) atoms. The van der Waals surface area contributed by atoms with Crippen LogP contribution in [-0.4, -0.2) is 18.0 Å². The number of carbonyl (C=O) groups is 3. The summed E-state index contributed by atoms with van der Waals surface area (Å²) in [6, 6.07) is 5.56. The molecular formula is C25H34KNO3-2. The second-order valence-corrected chi connectivity index (χ2v) is 6.81. The van der Waals surface area contributed by atoms with Crippen molar-refractivity contribution in [3.05, 3.63) is 79.6 Å². The molecule has 0 spiro atoms. The largest absolute Gasteiger partial charge is 1.00 e. The van der Waals surface area contributed by atoms with Gasteiger partial charge in [-0.2, -0.15) is 30.9 Å². The van der Waals surface area contributed by atoms with E-state index in [0.29, 0.717) is 17.7 Å². The standard InChI is InChI=1S/C15H22NO2.C9H9O.CH3.K/c1-3-8-13(11-14(17)4-2)16-15(18)12-9-6-5-7-10-12;1-7-4-3-5-9(6-10)8(7)2;;/h3,5,8,11-12H,4,6-7,9-10H2,1-2H3,(H,16,18);3-6H,2H2,1H3;1H3;/q3*-1;+1/b8-3-,13-11+;;;. The quantitative estimate of drug-likeness (QED) is 0.245. The summed E-state index contributed by atoms with van der Waals surface area (Å²) in [4.78, 5) is 33.8. The number of aldehydes is 1. The van der Waals surface area contributed by atoms with Gasteiger partial charge < -0.3 is 24.0 Å². The molecule has 5 heteroatoms. The van der Waals surface area contributed by atoms with Crippen LogP contribution in [0.4, 0.5) is 0 Å². The molecule has 1 N–H and O–H groups in total. The summed E-state index contributed by atoms with van der Waals surface area (Å²) in [6.45, 7) is 9.38. The molecule has 1 aromatic carbocycles. The van der Waals surface area contributed by atoms with Crippen molar-refractivity contribution in [3.63, 3.8) is 0 Å². The van der Waals surface area contributed by atoms with Crippen LogP contribution in [0.25, 0.3) is 0 Å². The normalized spacial score (nSPS) is 13.9. The minimum absolute atomic E-state index is 0. The average molecular weight is 436 g/mol. The minimum Gasteiger partial charge on any atom is -0.358 e. The van der Waals surface area contributed by atoms with Crippen LogP contribution in [0.15, 0.2) is 42.1 Å². The molecule has 4 nitrogen and oxygen atoms in total. The molecule has 0 heterocycles. The zero-order valence-electron chi connectivity index (χ0n) is 19.2. The van der Waals surface area contributed by atoms with Crippen molar-refractivity contribution in [1.29, 1.82) is 0 Å². The fourth-order valence-corrected chi connectivity index (χ4v) is 2.85. The Labute approximate surface area is 225 Å². The molecule has 0 radical (unpaired) electrons. The first-order chi connectivity index (χ1) is 13.4. The second kappa shape index (κ2) is 17.7. The van der Waals surface area contributed by atoms with Crippen LogP contribution in [-0.2, 0) is 9.59 Å². The van der Waals surface area contributed by atoms with Gasteiger partial charge in [-0.05, 0) is 13.0 Å². The van der Waals surface area contributed by atoms with Gasteiger partial charge in [0, 0.05) is 24.1 Å². The SMILES string of the molecule is C/C=C\C(=C/C(=O)CC)NC(=O)C1CC[CH-]CC1.[CH2-]c1c(C)cccc1C=O.[CH3-].[K+]. The maximum Gasteiger partial charge on any atom is 1.00 e. The first-order valence-corrected chi connectivity index (χ1v) is 9.79. The van der Waals surface area contributed by atoms with Crippen LogP contribution in [0, 0.1) is 33.6 Å². The van der Waals surface area contributed by atoms with Crippen LogP contribution >= 0.6 is 0 Å². The van der Waals surface area contributed by atoms with Gasteiger partial charge in [0.15, 0.2) is 5.78 Å². The number of ketones is 1. The van der Waals surface area contributed by atoms with Gasteiger partial charge in [-0.15, -0.1) is 12.1 Å². The first kappa shape index (κ1) is 31.2. The van der Waals surface area contributed by atoms with Gasteiger partial charge in [0.25, 0.3) is 0 Å². The Kier molecular flexibility index (Phi) is 18.4. The van der Waals surface area contributed by atoms with Crippen molar-refractivity contribution in [2.45, 2.75) is 52.9 Å². The van der Waals surface area contributed by atoms with Crippen molar-refractivity contribution in [2.24, 2.45) is 5.92 Å². The zero-order valence-corrected chi connectivity index (χ0v) is 22.3. The Morgan fingerprint density at radius 3 is 2.40 bits per heavy atom. The number of aryl methyl sites for hydroxylation is 1. The Hall–Kier alpha value is -0.984. The third kappa shape index (κ3) is 11.4. The summed E-state index contributed by atoms with van der Waals surface area (Å²) in [6.07, 6.45) is 12.4. The maximum atomic E-state index is 12.0. The van der Waals surface area contributed by atoms with Gasteiger partial charge in [-0.1, -0.05) is 44.4 Å². The summed E-state index contributed by atoms with van der Waals surface area (Å²) in [7, 11) is 0. The van der Waals surface area contributed by atoms with E-state index in [0.717, 1.165) is 43.1 Å². The molecule has 0 aromatic heterocycles. The van der Waals surface area contributed by atoms with E-state index in [-0.39, 0.29) is 76.4 Å². The van der Waals surface area contributed by atoms with Gasteiger partial charge in [-0.25, -0.2) is 0 Å². The van der Waals surface area contributed by atoms with Crippen LogP contribution in [0.2, 0.25) is 0 Å². The smallest absolute Gasteiger partial charge is 0.358 e. The van der Waals surface area contributed by atoms with Crippen LogP contribution in [0.3, 0.4) is 0 Å². The van der Waals surface area contributed by atoms with Gasteiger partial charge in [0.2, 0.25) is 5.91 Å². The molecule has 0 atom stereocenters. The Morgan fingerprint density at radius 1 is 1.27 bits per heavy atom. The number of hydrogen-bond donors (Lipinski definition) is 1. The summed E-state index contributed by atoms with van der Waals surface area (Å²) < 4.78 is 0. The third-order valence-corrected chi connectivity index (χ3v) is 4.66. The molecule has 1 fully saturated rings. The average Bonchev–Trinajstić information content (AvgIpc) is 2.71. The molecule has 0 bridgehead atoms. The number of hydrogen-bond acceptors (Lipinski definition) is 3. The number of rotatable bonds is 6. The van der Waals surface area contributed by atoms with E-state index in [2.05, 4.69) is 18.7 Å². The van der Waals surface area contributed by atoms with Crippen LogP contribution < -0.4 is 56.7 Å². The molecule has 1 aliphatic carbocycles. The Balaban J connectivity index is 0. The second-order valence-electron chi connectivity index (χ2n) is 6.81. The van der Waals surface area contributed by atoms with Crippen LogP contribution in [0.5, 0.6) is 0 Å². The molecule has 1 aromatic rings. The summed E-state index contributed by atoms with van der Waals surface area (Å²) >= 11 is 0. The van der Waals surface area contributed by atoms with Crippen molar-refractivity contribution in [3.8, 4) is 0 Å². The number of nitrogens with one attached hydrogen (secondary N) is 1. The molecule has 0 aliphatic heterocycles. The third-order valence-electron chi connectivity index (χ3n) is 4.66. The molecule has 1 saturated carbocycles. The van der Waals surface area contributed by atoms with E-state index in [4.69, 9.17) is 0 Å². The van der Waals surface area contributed by atoms with E-state index in [1.165, 1.54) is 6.08 Å². The van der Waals surface area contributed by atoms with Gasteiger partial charge in [0.05, 0.1) is 6.29 Å². The minimum atomic E-state index is 0.